The summed E-state index contributed by atoms with van der Waals surface area (Å²) in [5.41, 5.74) is 7.02. The van der Waals surface area contributed by atoms with E-state index in [0.717, 1.165) is 5.56 Å². The monoisotopic (exact) mass is 266 g/mol. The Bertz CT molecular complexity index is 383. The van der Waals surface area contributed by atoms with E-state index in [1.165, 1.54) is 0 Å². The van der Waals surface area contributed by atoms with Crippen LogP contribution < -0.4 is 11.1 Å². The number of amides is 1. The number of carbonyl (C=O) groups is 1. The molecule has 1 aromatic carbocycles. The highest BCUT2D eigenvalue weighted by Gasteiger charge is 2.03. The molecule has 0 aromatic heterocycles. The maximum absolute atomic E-state index is 11.8. The van der Waals surface area contributed by atoms with Gasteiger partial charge in [-0.2, -0.15) is 0 Å². The third-order valence-corrected chi connectivity index (χ3v) is 2.45. The van der Waals surface area contributed by atoms with Crippen molar-refractivity contribution in [3.63, 3.8) is 0 Å². The molecule has 0 aliphatic carbocycles. The van der Waals surface area contributed by atoms with Gasteiger partial charge in [0.15, 0.2) is 0 Å². The van der Waals surface area contributed by atoms with Gasteiger partial charge in [-0.1, -0.05) is 17.7 Å². The normalized spacial score (nSPS) is 10.4. The Balaban J connectivity index is 2.08. The summed E-state index contributed by atoms with van der Waals surface area (Å²) in [7, 11) is 0. The first-order valence-electron chi connectivity index (χ1n) is 6.44. The van der Waals surface area contributed by atoms with Crippen molar-refractivity contribution in [1.82, 2.24) is 5.32 Å². The number of nitrogens with one attached hydrogen (secondary N) is 1. The summed E-state index contributed by atoms with van der Waals surface area (Å²) in [6.07, 6.45) is 0. The van der Waals surface area contributed by atoms with Crippen molar-refractivity contribution in [2.45, 2.75) is 6.92 Å². The molecule has 106 valence electrons. The van der Waals surface area contributed by atoms with Gasteiger partial charge in [-0.05, 0) is 19.1 Å². The Morgan fingerprint density at radius 1 is 1.21 bits per heavy atom. The lowest BCUT2D eigenvalue weighted by Crippen LogP contribution is -2.27. The molecule has 5 nitrogen and oxygen atoms in total. The molecule has 0 saturated heterocycles. The maximum atomic E-state index is 11.8. The van der Waals surface area contributed by atoms with E-state index in [2.05, 4.69) is 5.32 Å². The summed E-state index contributed by atoms with van der Waals surface area (Å²) in [5.74, 6) is -0.0771. The Morgan fingerprint density at radius 3 is 2.63 bits per heavy atom. The molecule has 0 unspecified atom stereocenters. The van der Waals surface area contributed by atoms with Gasteiger partial charge in [-0.3, -0.25) is 4.79 Å². The molecule has 0 fully saturated rings. The summed E-state index contributed by atoms with van der Waals surface area (Å²) in [6, 6.07) is 7.48. The first kappa shape index (κ1) is 15.6. The molecule has 0 spiro atoms. The van der Waals surface area contributed by atoms with Crippen molar-refractivity contribution in [1.29, 1.82) is 0 Å². The maximum Gasteiger partial charge on any atom is 0.251 e. The highest BCUT2D eigenvalue weighted by Crippen LogP contribution is 2.03. The van der Waals surface area contributed by atoms with Gasteiger partial charge in [-0.15, -0.1) is 0 Å². The Labute approximate surface area is 114 Å². The van der Waals surface area contributed by atoms with Crippen LogP contribution in [-0.4, -0.2) is 45.4 Å². The van der Waals surface area contributed by atoms with Crippen LogP contribution in [0, 0.1) is 6.92 Å². The van der Waals surface area contributed by atoms with Gasteiger partial charge in [-0.25, -0.2) is 0 Å². The largest absolute Gasteiger partial charge is 0.378 e. The van der Waals surface area contributed by atoms with E-state index >= 15 is 0 Å². The van der Waals surface area contributed by atoms with Crippen LogP contribution in [-0.2, 0) is 9.47 Å². The molecule has 0 saturated carbocycles. The molecule has 0 radical (unpaired) electrons. The van der Waals surface area contributed by atoms with Gasteiger partial charge in [0.05, 0.1) is 26.4 Å². The van der Waals surface area contributed by atoms with Crippen molar-refractivity contribution in [2.75, 3.05) is 39.5 Å². The zero-order chi connectivity index (χ0) is 13.9. The Hall–Kier alpha value is -1.43. The van der Waals surface area contributed by atoms with E-state index in [1.54, 1.807) is 6.07 Å². The van der Waals surface area contributed by atoms with Gasteiger partial charge in [0.25, 0.3) is 5.91 Å². The molecular formula is C14H22N2O3. The lowest BCUT2D eigenvalue weighted by atomic mass is 10.1. The standard InChI is InChI=1S/C14H22N2O3/c1-12-3-2-4-13(11-12)14(17)16-6-8-19-10-9-18-7-5-15/h2-4,11H,5-10,15H2,1H3,(H,16,17). The number of benzene rings is 1. The minimum atomic E-state index is -0.0771. The summed E-state index contributed by atoms with van der Waals surface area (Å²) in [6.45, 7) is 5.04. The van der Waals surface area contributed by atoms with Gasteiger partial charge < -0.3 is 20.5 Å². The predicted molar refractivity (Wildman–Crippen MR) is 74.2 cm³/mol. The Morgan fingerprint density at radius 2 is 1.95 bits per heavy atom. The highest BCUT2D eigenvalue weighted by atomic mass is 16.5. The van der Waals surface area contributed by atoms with Crippen LogP contribution in [0.3, 0.4) is 0 Å². The van der Waals surface area contributed by atoms with E-state index < -0.39 is 0 Å². The highest BCUT2D eigenvalue weighted by molar-refractivity contribution is 5.94. The van der Waals surface area contributed by atoms with Gasteiger partial charge in [0.2, 0.25) is 0 Å². The zero-order valence-electron chi connectivity index (χ0n) is 11.4. The Kier molecular flexibility index (Phi) is 7.81. The van der Waals surface area contributed by atoms with Crippen molar-refractivity contribution >= 4 is 5.91 Å². The van der Waals surface area contributed by atoms with Crippen molar-refractivity contribution in [2.24, 2.45) is 5.73 Å². The van der Waals surface area contributed by atoms with E-state index in [9.17, 15) is 4.79 Å². The number of hydrogen-bond acceptors (Lipinski definition) is 4. The quantitative estimate of drug-likeness (QED) is 0.646. The van der Waals surface area contributed by atoms with Crippen LogP contribution in [0.1, 0.15) is 15.9 Å². The molecule has 1 rings (SSSR count). The number of hydrogen-bond donors (Lipinski definition) is 2. The lowest BCUT2D eigenvalue weighted by Gasteiger charge is -2.07. The second-order valence-electron chi connectivity index (χ2n) is 4.14. The summed E-state index contributed by atoms with van der Waals surface area (Å²) < 4.78 is 10.5. The van der Waals surface area contributed by atoms with Crippen LogP contribution in [0.2, 0.25) is 0 Å². The van der Waals surface area contributed by atoms with Crippen LogP contribution in [0.25, 0.3) is 0 Å². The topological polar surface area (TPSA) is 73.6 Å². The molecular weight excluding hydrogens is 244 g/mol. The minimum Gasteiger partial charge on any atom is -0.378 e. The first-order chi connectivity index (χ1) is 9.24. The van der Waals surface area contributed by atoms with Gasteiger partial charge in [0.1, 0.15) is 0 Å². The average molecular weight is 266 g/mol. The molecule has 0 heterocycles. The van der Waals surface area contributed by atoms with Crippen LogP contribution in [0.15, 0.2) is 24.3 Å². The fourth-order valence-corrected chi connectivity index (χ4v) is 1.53. The third-order valence-electron chi connectivity index (χ3n) is 2.45. The number of aryl methyl sites for hydroxylation is 1. The van der Waals surface area contributed by atoms with Crippen LogP contribution in [0.5, 0.6) is 0 Å². The zero-order valence-corrected chi connectivity index (χ0v) is 11.4. The van der Waals surface area contributed by atoms with E-state index in [0.29, 0.717) is 45.1 Å². The number of ether oxygens (including phenoxy) is 2. The lowest BCUT2D eigenvalue weighted by molar-refractivity contribution is 0.0511. The summed E-state index contributed by atoms with van der Waals surface area (Å²) in [5, 5.41) is 2.80. The predicted octanol–water partition coefficient (Wildman–Crippen LogP) is 0.717. The molecule has 0 atom stereocenters. The molecule has 0 aliphatic rings. The van der Waals surface area contributed by atoms with E-state index in [4.69, 9.17) is 15.2 Å². The van der Waals surface area contributed by atoms with Crippen molar-refractivity contribution in [3.05, 3.63) is 35.4 Å². The summed E-state index contributed by atoms with van der Waals surface area (Å²) in [4.78, 5) is 11.8. The average Bonchev–Trinajstić information content (AvgIpc) is 2.41. The van der Waals surface area contributed by atoms with Gasteiger partial charge in [0, 0.05) is 18.7 Å². The second kappa shape index (κ2) is 9.49. The van der Waals surface area contributed by atoms with Crippen LogP contribution in [0.4, 0.5) is 0 Å². The molecule has 19 heavy (non-hydrogen) atoms. The van der Waals surface area contributed by atoms with Crippen molar-refractivity contribution in [3.8, 4) is 0 Å². The molecule has 1 amide bonds. The fraction of sp³-hybridized carbons (Fsp3) is 0.500. The SMILES string of the molecule is Cc1cccc(C(=O)NCCOCCOCCN)c1. The molecule has 1 aromatic rings. The van der Waals surface area contributed by atoms with Crippen LogP contribution >= 0.6 is 0 Å². The van der Waals surface area contributed by atoms with E-state index in [-0.39, 0.29) is 5.91 Å². The molecule has 5 heteroatoms. The van der Waals surface area contributed by atoms with E-state index in [1.807, 2.05) is 25.1 Å². The second-order valence-corrected chi connectivity index (χ2v) is 4.14. The van der Waals surface area contributed by atoms with Gasteiger partial charge >= 0.3 is 0 Å². The van der Waals surface area contributed by atoms with Crippen molar-refractivity contribution < 1.29 is 14.3 Å². The fourth-order valence-electron chi connectivity index (χ4n) is 1.53. The molecule has 0 aliphatic heterocycles. The molecule has 0 bridgehead atoms. The first-order valence-corrected chi connectivity index (χ1v) is 6.44. The summed E-state index contributed by atoms with van der Waals surface area (Å²) >= 11 is 0. The number of rotatable bonds is 9. The third kappa shape index (κ3) is 6.91. The number of carbonyl (C=O) groups excluding carboxylic acids is 1. The molecule has 3 N–H and O–H groups in total. The minimum absolute atomic E-state index is 0.0771. The number of nitrogens with two attached hydrogens (primary N) is 1. The smallest absolute Gasteiger partial charge is 0.251 e.